The molecular weight excluding hydrogens is 913 g/mol. The highest BCUT2D eigenvalue weighted by Gasteiger charge is 2.19. The lowest BCUT2D eigenvalue weighted by atomic mass is 10.0. The minimum atomic E-state index is -0.770. The Hall–Kier alpha value is -1.85. The van der Waals surface area contributed by atoms with E-state index in [0.717, 1.165) is 64.2 Å². The molecule has 0 saturated carbocycles. The maximum Gasteiger partial charge on any atom is 0.306 e. The Balaban J connectivity index is 4.20. The van der Waals surface area contributed by atoms with E-state index in [9.17, 15) is 14.4 Å². The predicted molar refractivity (Wildman–Crippen MR) is 321 cm³/mol. The van der Waals surface area contributed by atoms with Crippen molar-refractivity contribution >= 4 is 17.9 Å². The Morgan fingerprint density at radius 2 is 0.446 bits per heavy atom. The Morgan fingerprint density at radius 3 is 0.676 bits per heavy atom. The van der Waals surface area contributed by atoms with Gasteiger partial charge in [-0.1, -0.05) is 335 Å². The molecule has 0 bridgehead atoms. The zero-order valence-electron chi connectivity index (χ0n) is 50.4. The Morgan fingerprint density at radius 1 is 0.257 bits per heavy atom. The summed E-state index contributed by atoms with van der Waals surface area (Å²) in [4.78, 5) is 38.3. The molecule has 6 nitrogen and oxygen atoms in total. The van der Waals surface area contributed by atoms with Gasteiger partial charge in [0.15, 0.2) is 6.10 Å². The molecule has 0 aliphatic carbocycles. The van der Waals surface area contributed by atoms with E-state index < -0.39 is 6.10 Å². The molecule has 0 aromatic heterocycles. The van der Waals surface area contributed by atoms with Crippen molar-refractivity contribution in [3.05, 3.63) is 12.2 Å². The van der Waals surface area contributed by atoms with Crippen LogP contribution >= 0.6 is 0 Å². The topological polar surface area (TPSA) is 78.9 Å². The highest BCUT2D eigenvalue weighted by molar-refractivity contribution is 5.71. The molecule has 0 aromatic carbocycles. The second kappa shape index (κ2) is 63.7. The minimum absolute atomic E-state index is 0.0668. The number of esters is 3. The maximum atomic E-state index is 12.9. The van der Waals surface area contributed by atoms with E-state index in [-0.39, 0.29) is 31.1 Å². The van der Waals surface area contributed by atoms with Crippen LogP contribution in [0.4, 0.5) is 0 Å². The molecule has 0 radical (unpaired) electrons. The number of carbonyl (C=O) groups excluding carboxylic acids is 3. The summed E-state index contributed by atoms with van der Waals surface area (Å²) in [6, 6.07) is 0. The van der Waals surface area contributed by atoms with Crippen molar-refractivity contribution in [2.75, 3.05) is 13.2 Å². The molecule has 0 amide bonds. The van der Waals surface area contributed by atoms with Crippen molar-refractivity contribution in [3.8, 4) is 0 Å². The summed E-state index contributed by atoms with van der Waals surface area (Å²) in [7, 11) is 0. The number of carbonyl (C=O) groups is 3. The fourth-order valence-corrected chi connectivity index (χ4v) is 10.4. The van der Waals surface area contributed by atoms with Crippen molar-refractivity contribution in [3.63, 3.8) is 0 Å². The fourth-order valence-electron chi connectivity index (χ4n) is 10.4. The summed E-state index contributed by atoms with van der Waals surface area (Å²) in [5.41, 5.74) is 0. The number of rotatable bonds is 63. The monoisotopic (exact) mass is 1040 g/mol. The number of allylic oxidation sites excluding steroid dienone is 2. The second-order valence-electron chi connectivity index (χ2n) is 23.1. The Kier molecular flexibility index (Phi) is 62.1. The Labute approximate surface area is 462 Å². The maximum absolute atomic E-state index is 12.9. The van der Waals surface area contributed by atoms with Crippen LogP contribution in [-0.2, 0) is 28.6 Å². The molecular formula is C68H130O6. The number of ether oxygens (including phenoxy) is 3. The van der Waals surface area contributed by atoms with E-state index in [1.54, 1.807) is 0 Å². The van der Waals surface area contributed by atoms with Gasteiger partial charge in [0.05, 0.1) is 0 Å². The van der Waals surface area contributed by atoms with Crippen molar-refractivity contribution in [1.29, 1.82) is 0 Å². The van der Waals surface area contributed by atoms with Crippen LogP contribution in [0, 0.1) is 0 Å². The zero-order chi connectivity index (χ0) is 53.6. The Bertz CT molecular complexity index is 1150. The first-order valence-electron chi connectivity index (χ1n) is 33.7. The van der Waals surface area contributed by atoms with Crippen LogP contribution in [0.5, 0.6) is 0 Å². The summed E-state index contributed by atoms with van der Waals surface area (Å²) in [5.74, 6) is -0.843. The van der Waals surface area contributed by atoms with E-state index in [4.69, 9.17) is 14.2 Å². The highest BCUT2D eigenvalue weighted by Crippen LogP contribution is 2.19. The first-order valence-corrected chi connectivity index (χ1v) is 33.7. The summed E-state index contributed by atoms with van der Waals surface area (Å²) in [6.07, 6.45) is 75.2. The van der Waals surface area contributed by atoms with Crippen molar-refractivity contribution in [2.24, 2.45) is 0 Å². The fraction of sp³-hybridized carbons (Fsp3) is 0.926. The van der Waals surface area contributed by atoms with E-state index in [1.165, 1.54) is 283 Å². The molecule has 0 N–H and O–H groups in total. The van der Waals surface area contributed by atoms with E-state index in [2.05, 4.69) is 32.9 Å². The lowest BCUT2D eigenvalue weighted by Crippen LogP contribution is -2.30. The van der Waals surface area contributed by atoms with Crippen molar-refractivity contribution in [2.45, 2.75) is 393 Å². The van der Waals surface area contributed by atoms with Gasteiger partial charge in [-0.2, -0.15) is 0 Å². The van der Waals surface area contributed by atoms with Gasteiger partial charge in [0.2, 0.25) is 0 Å². The molecule has 0 aliphatic heterocycles. The molecule has 0 aliphatic rings. The summed E-state index contributed by atoms with van der Waals surface area (Å²) in [5, 5.41) is 0. The zero-order valence-corrected chi connectivity index (χ0v) is 50.4. The largest absolute Gasteiger partial charge is 0.462 e. The molecule has 0 aromatic rings. The lowest BCUT2D eigenvalue weighted by Gasteiger charge is -2.18. The van der Waals surface area contributed by atoms with Crippen LogP contribution in [0.15, 0.2) is 12.2 Å². The quantitative estimate of drug-likeness (QED) is 0.0261. The van der Waals surface area contributed by atoms with Crippen LogP contribution in [0.25, 0.3) is 0 Å². The lowest BCUT2D eigenvalue weighted by molar-refractivity contribution is -0.167. The van der Waals surface area contributed by atoms with Gasteiger partial charge in [0.25, 0.3) is 0 Å². The second-order valence-corrected chi connectivity index (χ2v) is 23.1. The number of unbranched alkanes of at least 4 members (excludes halogenated alkanes) is 50. The average molecular weight is 1040 g/mol. The summed E-state index contributed by atoms with van der Waals surface area (Å²) >= 11 is 0. The molecule has 1 atom stereocenters. The molecule has 0 spiro atoms. The molecule has 438 valence electrons. The van der Waals surface area contributed by atoms with Gasteiger partial charge in [-0.25, -0.2) is 0 Å². The minimum Gasteiger partial charge on any atom is -0.462 e. The highest BCUT2D eigenvalue weighted by atomic mass is 16.6. The van der Waals surface area contributed by atoms with Gasteiger partial charge >= 0.3 is 17.9 Å². The van der Waals surface area contributed by atoms with E-state index in [0.29, 0.717) is 19.3 Å². The van der Waals surface area contributed by atoms with Crippen molar-refractivity contribution < 1.29 is 28.6 Å². The van der Waals surface area contributed by atoms with Gasteiger partial charge in [-0.15, -0.1) is 0 Å². The summed E-state index contributed by atoms with van der Waals surface area (Å²) < 4.78 is 17.0. The van der Waals surface area contributed by atoms with Crippen LogP contribution in [0.1, 0.15) is 387 Å². The molecule has 0 fully saturated rings. The molecule has 0 rings (SSSR count). The number of hydrogen-bond acceptors (Lipinski definition) is 6. The average Bonchev–Trinajstić information content (AvgIpc) is 3.40. The van der Waals surface area contributed by atoms with Crippen LogP contribution in [0.2, 0.25) is 0 Å². The van der Waals surface area contributed by atoms with Gasteiger partial charge in [0.1, 0.15) is 13.2 Å². The molecule has 0 saturated heterocycles. The molecule has 0 heterocycles. The SMILES string of the molecule is CCCCCCCCC/C=C\CCCCCCCC(=O)OC(COC(=O)CCCCCCCCCCCCCCCC)COC(=O)CCCCCCCCCCCCCCCCCCCCCCCCCCCC. The molecule has 6 heteroatoms. The number of hydrogen-bond donors (Lipinski definition) is 0. The van der Waals surface area contributed by atoms with Crippen LogP contribution in [-0.4, -0.2) is 37.2 Å². The summed E-state index contributed by atoms with van der Waals surface area (Å²) in [6.45, 7) is 6.71. The van der Waals surface area contributed by atoms with Gasteiger partial charge in [-0.3, -0.25) is 14.4 Å². The van der Waals surface area contributed by atoms with Crippen LogP contribution in [0.3, 0.4) is 0 Å². The first-order chi connectivity index (χ1) is 36.5. The molecule has 74 heavy (non-hydrogen) atoms. The predicted octanol–water partition coefficient (Wildman–Crippen LogP) is 22.8. The molecule has 1 unspecified atom stereocenters. The third-order valence-corrected chi connectivity index (χ3v) is 15.5. The normalized spacial score (nSPS) is 12.0. The van der Waals surface area contributed by atoms with Gasteiger partial charge in [0, 0.05) is 19.3 Å². The third-order valence-electron chi connectivity index (χ3n) is 15.5. The van der Waals surface area contributed by atoms with Crippen molar-refractivity contribution in [1.82, 2.24) is 0 Å². The van der Waals surface area contributed by atoms with Gasteiger partial charge in [-0.05, 0) is 44.9 Å². The van der Waals surface area contributed by atoms with Gasteiger partial charge < -0.3 is 14.2 Å². The van der Waals surface area contributed by atoms with E-state index in [1.807, 2.05) is 0 Å². The standard InChI is InChI=1S/C68H130O6/c1-4-7-10-13-16-19-22-25-28-30-31-32-33-34-35-36-37-38-39-41-43-46-49-52-55-58-61-67(70)73-64-65(63-72-66(69)60-57-54-51-48-45-42-27-24-21-18-15-12-9-6-3)74-68(71)62-59-56-53-50-47-44-40-29-26-23-20-17-14-11-8-5-2/h29,40,65H,4-28,30-39,41-64H2,1-3H3/b40-29-. The van der Waals surface area contributed by atoms with Crippen LogP contribution < -0.4 is 0 Å². The first kappa shape index (κ1) is 72.2. The smallest absolute Gasteiger partial charge is 0.306 e. The third kappa shape index (κ3) is 61.0. The van der Waals surface area contributed by atoms with E-state index >= 15 is 0 Å².